The van der Waals surface area contributed by atoms with Crippen molar-refractivity contribution in [2.24, 2.45) is 11.7 Å². The third-order valence-corrected chi connectivity index (χ3v) is 2.69. The molecular formula is C11H22N2. The Morgan fingerprint density at radius 3 is 2.69 bits per heavy atom. The van der Waals surface area contributed by atoms with E-state index >= 15 is 0 Å². The molecule has 2 unspecified atom stereocenters. The van der Waals surface area contributed by atoms with Crippen LogP contribution in [-0.2, 0) is 0 Å². The number of nitrogens with two attached hydrogens (primary N) is 1. The van der Waals surface area contributed by atoms with E-state index in [4.69, 9.17) is 5.73 Å². The topological polar surface area (TPSA) is 29.3 Å². The fraction of sp³-hybridized carbons (Fsp3) is 0.818. The van der Waals surface area contributed by atoms with Gasteiger partial charge >= 0.3 is 0 Å². The van der Waals surface area contributed by atoms with Gasteiger partial charge in [-0.25, -0.2) is 0 Å². The molecule has 1 fully saturated rings. The third-order valence-electron chi connectivity index (χ3n) is 2.69. The standard InChI is InChI=1S/C11H22N2/c1-9(2)7-13(3)8-10-4-5-11(12)6-10/h10-11H,1,4-8,12H2,2-3H3. The summed E-state index contributed by atoms with van der Waals surface area (Å²) in [5.74, 6) is 0.819. The summed E-state index contributed by atoms with van der Waals surface area (Å²) >= 11 is 0. The lowest BCUT2D eigenvalue weighted by molar-refractivity contribution is 0.296. The van der Waals surface area contributed by atoms with Gasteiger partial charge in [0.15, 0.2) is 0 Å². The summed E-state index contributed by atoms with van der Waals surface area (Å²) in [5.41, 5.74) is 7.11. The Balaban J connectivity index is 2.20. The zero-order valence-corrected chi connectivity index (χ0v) is 8.92. The van der Waals surface area contributed by atoms with Gasteiger partial charge in [0, 0.05) is 19.1 Å². The monoisotopic (exact) mass is 182 g/mol. The zero-order chi connectivity index (χ0) is 9.84. The van der Waals surface area contributed by atoms with E-state index in [1.807, 2.05) is 0 Å². The molecule has 13 heavy (non-hydrogen) atoms. The molecule has 0 radical (unpaired) electrons. The molecule has 2 nitrogen and oxygen atoms in total. The van der Waals surface area contributed by atoms with Crippen molar-refractivity contribution in [2.75, 3.05) is 20.1 Å². The first-order valence-corrected chi connectivity index (χ1v) is 5.16. The highest BCUT2D eigenvalue weighted by molar-refractivity contribution is 4.92. The Labute approximate surface area is 81.8 Å². The second kappa shape index (κ2) is 4.77. The fourth-order valence-corrected chi connectivity index (χ4v) is 2.25. The van der Waals surface area contributed by atoms with Crippen LogP contribution in [0.3, 0.4) is 0 Å². The van der Waals surface area contributed by atoms with Gasteiger partial charge in [-0.2, -0.15) is 0 Å². The Morgan fingerprint density at radius 1 is 1.54 bits per heavy atom. The third kappa shape index (κ3) is 3.92. The van der Waals surface area contributed by atoms with E-state index in [1.54, 1.807) is 0 Å². The molecule has 2 atom stereocenters. The Kier molecular flexibility index (Phi) is 3.94. The molecule has 0 aliphatic heterocycles. The molecule has 2 heteroatoms. The SMILES string of the molecule is C=C(C)CN(C)CC1CCC(N)C1. The van der Waals surface area contributed by atoms with Gasteiger partial charge in [0.1, 0.15) is 0 Å². The number of likely N-dealkylation sites (N-methyl/N-ethyl adjacent to an activating group) is 1. The predicted molar refractivity (Wildman–Crippen MR) is 57.6 cm³/mol. The summed E-state index contributed by atoms with van der Waals surface area (Å²) in [6.07, 6.45) is 3.73. The highest BCUT2D eigenvalue weighted by atomic mass is 15.1. The highest BCUT2D eigenvalue weighted by Gasteiger charge is 2.22. The summed E-state index contributed by atoms with van der Waals surface area (Å²) in [5, 5.41) is 0. The summed E-state index contributed by atoms with van der Waals surface area (Å²) < 4.78 is 0. The lowest BCUT2D eigenvalue weighted by Gasteiger charge is -2.20. The molecule has 0 amide bonds. The number of hydrogen-bond acceptors (Lipinski definition) is 2. The fourth-order valence-electron chi connectivity index (χ4n) is 2.25. The number of hydrogen-bond donors (Lipinski definition) is 1. The first-order valence-electron chi connectivity index (χ1n) is 5.16. The predicted octanol–water partition coefficient (Wildman–Crippen LogP) is 1.62. The molecule has 1 saturated carbocycles. The minimum absolute atomic E-state index is 0.461. The van der Waals surface area contributed by atoms with E-state index in [-0.39, 0.29) is 0 Å². The van der Waals surface area contributed by atoms with Crippen LogP contribution >= 0.6 is 0 Å². The van der Waals surface area contributed by atoms with Crippen LogP contribution in [0.4, 0.5) is 0 Å². The van der Waals surface area contributed by atoms with Crippen LogP contribution in [0.5, 0.6) is 0 Å². The average Bonchev–Trinajstić information content (AvgIpc) is 2.33. The first kappa shape index (κ1) is 10.7. The second-order valence-corrected chi connectivity index (χ2v) is 4.59. The van der Waals surface area contributed by atoms with Gasteiger partial charge < -0.3 is 10.6 Å². The molecule has 0 saturated heterocycles. The number of rotatable bonds is 4. The van der Waals surface area contributed by atoms with Crippen LogP contribution in [0.15, 0.2) is 12.2 Å². The molecule has 0 bridgehead atoms. The van der Waals surface area contributed by atoms with Crippen LogP contribution in [0.2, 0.25) is 0 Å². The van der Waals surface area contributed by atoms with Gasteiger partial charge in [-0.05, 0) is 39.2 Å². The maximum Gasteiger partial charge on any atom is 0.0184 e. The van der Waals surface area contributed by atoms with Crippen molar-refractivity contribution in [3.05, 3.63) is 12.2 Å². The van der Waals surface area contributed by atoms with Crippen LogP contribution in [-0.4, -0.2) is 31.1 Å². The van der Waals surface area contributed by atoms with Crippen molar-refractivity contribution in [2.45, 2.75) is 32.2 Å². The van der Waals surface area contributed by atoms with E-state index in [2.05, 4.69) is 25.5 Å². The van der Waals surface area contributed by atoms with Crippen molar-refractivity contribution in [1.82, 2.24) is 4.90 Å². The van der Waals surface area contributed by atoms with Crippen molar-refractivity contribution in [3.8, 4) is 0 Å². The van der Waals surface area contributed by atoms with Gasteiger partial charge in [-0.15, -0.1) is 0 Å². The van der Waals surface area contributed by atoms with Crippen LogP contribution in [0.1, 0.15) is 26.2 Å². The van der Waals surface area contributed by atoms with Gasteiger partial charge in [-0.3, -0.25) is 0 Å². The van der Waals surface area contributed by atoms with Gasteiger partial charge in [-0.1, -0.05) is 12.2 Å². The minimum atomic E-state index is 0.461. The Hall–Kier alpha value is -0.340. The summed E-state index contributed by atoms with van der Waals surface area (Å²) in [6, 6.07) is 0.461. The Morgan fingerprint density at radius 2 is 2.23 bits per heavy atom. The largest absolute Gasteiger partial charge is 0.328 e. The van der Waals surface area contributed by atoms with E-state index in [0.29, 0.717) is 6.04 Å². The zero-order valence-electron chi connectivity index (χ0n) is 8.92. The average molecular weight is 182 g/mol. The lowest BCUT2D eigenvalue weighted by atomic mass is 10.1. The maximum atomic E-state index is 5.87. The maximum absolute atomic E-state index is 5.87. The smallest absolute Gasteiger partial charge is 0.0184 e. The molecule has 0 aromatic heterocycles. The van der Waals surface area contributed by atoms with Gasteiger partial charge in [0.25, 0.3) is 0 Å². The molecule has 0 spiro atoms. The lowest BCUT2D eigenvalue weighted by Crippen LogP contribution is -2.27. The summed E-state index contributed by atoms with van der Waals surface area (Å²) in [6.45, 7) is 8.20. The molecule has 1 aliphatic rings. The van der Waals surface area contributed by atoms with Crippen molar-refractivity contribution in [1.29, 1.82) is 0 Å². The molecule has 0 aromatic rings. The van der Waals surface area contributed by atoms with Crippen LogP contribution < -0.4 is 5.73 Å². The molecule has 0 aromatic carbocycles. The minimum Gasteiger partial charge on any atom is -0.328 e. The molecular weight excluding hydrogens is 160 g/mol. The molecule has 1 aliphatic carbocycles. The van der Waals surface area contributed by atoms with Crippen molar-refractivity contribution >= 4 is 0 Å². The second-order valence-electron chi connectivity index (χ2n) is 4.59. The van der Waals surface area contributed by atoms with Crippen molar-refractivity contribution < 1.29 is 0 Å². The number of nitrogens with zero attached hydrogens (tertiary/aromatic N) is 1. The molecule has 2 N–H and O–H groups in total. The molecule has 1 rings (SSSR count). The van der Waals surface area contributed by atoms with E-state index in [9.17, 15) is 0 Å². The van der Waals surface area contributed by atoms with Gasteiger partial charge in [0.05, 0.1) is 0 Å². The normalized spacial score (nSPS) is 28.3. The quantitative estimate of drug-likeness (QED) is 0.669. The Bertz CT molecular complexity index is 177. The van der Waals surface area contributed by atoms with E-state index in [1.165, 1.54) is 31.4 Å². The van der Waals surface area contributed by atoms with E-state index in [0.717, 1.165) is 12.5 Å². The first-order chi connectivity index (χ1) is 6.08. The van der Waals surface area contributed by atoms with Gasteiger partial charge in [0.2, 0.25) is 0 Å². The summed E-state index contributed by atoms with van der Waals surface area (Å²) in [7, 11) is 2.17. The van der Waals surface area contributed by atoms with E-state index < -0.39 is 0 Å². The van der Waals surface area contributed by atoms with Crippen LogP contribution in [0, 0.1) is 5.92 Å². The summed E-state index contributed by atoms with van der Waals surface area (Å²) in [4.78, 5) is 2.35. The highest BCUT2D eigenvalue weighted by Crippen LogP contribution is 2.24. The molecule has 76 valence electrons. The van der Waals surface area contributed by atoms with Crippen LogP contribution in [0.25, 0.3) is 0 Å². The molecule has 0 heterocycles. The van der Waals surface area contributed by atoms with Crippen molar-refractivity contribution in [3.63, 3.8) is 0 Å².